The summed E-state index contributed by atoms with van der Waals surface area (Å²) in [6.45, 7) is 0. The molecule has 116 valence electrons. The van der Waals surface area contributed by atoms with Crippen molar-refractivity contribution in [3.05, 3.63) is 23.2 Å². The van der Waals surface area contributed by atoms with Crippen molar-refractivity contribution >= 4 is 33.2 Å². The van der Waals surface area contributed by atoms with Crippen LogP contribution >= 0.6 is 11.6 Å². The van der Waals surface area contributed by atoms with Crippen LogP contribution in [0.1, 0.15) is 38.5 Å². The fraction of sp³-hybridized carbons (Fsp3) is 0.500. The number of primary sulfonamides is 1. The van der Waals surface area contributed by atoms with Crippen molar-refractivity contribution in [1.29, 1.82) is 0 Å². The van der Waals surface area contributed by atoms with Gasteiger partial charge in [0.05, 0.1) is 15.6 Å². The molecule has 1 amide bonds. The van der Waals surface area contributed by atoms with Crippen molar-refractivity contribution < 1.29 is 13.2 Å². The van der Waals surface area contributed by atoms with E-state index in [0.717, 1.165) is 12.8 Å². The number of benzene rings is 1. The smallest absolute Gasteiger partial charge is 0.238 e. The largest absolute Gasteiger partial charge is 0.325 e. The average Bonchev–Trinajstić information content (AvgIpc) is 2.41. The molecule has 0 spiro atoms. The second kappa shape index (κ2) is 6.77. The molecule has 1 aliphatic carbocycles. The van der Waals surface area contributed by atoms with E-state index in [9.17, 15) is 13.2 Å². The lowest BCUT2D eigenvalue weighted by Gasteiger charge is -2.21. The number of nitrogens with one attached hydrogen (secondary N) is 1. The molecule has 1 aliphatic rings. The molecule has 0 aliphatic heterocycles. The highest BCUT2D eigenvalue weighted by Gasteiger charge is 2.18. The molecule has 0 atom stereocenters. The van der Waals surface area contributed by atoms with Crippen molar-refractivity contribution in [1.82, 2.24) is 0 Å². The van der Waals surface area contributed by atoms with E-state index < -0.39 is 10.0 Å². The zero-order valence-electron chi connectivity index (χ0n) is 11.6. The summed E-state index contributed by atoms with van der Waals surface area (Å²) in [4.78, 5) is 12.0. The number of carbonyl (C=O) groups excluding carboxylic acids is 1. The lowest BCUT2D eigenvalue weighted by Crippen LogP contribution is -2.19. The zero-order chi connectivity index (χ0) is 15.5. The van der Waals surface area contributed by atoms with E-state index in [1.807, 2.05) is 0 Å². The van der Waals surface area contributed by atoms with Gasteiger partial charge in [-0.2, -0.15) is 0 Å². The number of anilines is 1. The first-order valence-electron chi connectivity index (χ1n) is 6.98. The van der Waals surface area contributed by atoms with Gasteiger partial charge in [-0.25, -0.2) is 13.6 Å². The van der Waals surface area contributed by atoms with Gasteiger partial charge in [-0.05, 0) is 37.0 Å². The molecule has 2 rings (SSSR count). The summed E-state index contributed by atoms with van der Waals surface area (Å²) in [5.41, 5.74) is 0.281. The number of hydrogen-bond acceptors (Lipinski definition) is 3. The van der Waals surface area contributed by atoms with E-state index in [0.29, 0.717) is 17.4 Å². The fourth-order valence-corrected chi connectivity index (χ4v) is 3.34. The van der Waals surface area contributed by atoms with Crippen molar-refractivity contribution in [2.75, 3.05) is 5.32 Å². The van der Waals surface area contributed by atoms with E-state index in [4.69, 9.17) is 16.7 Å². The monoisotopic (exact) mass is 330 g/mol. The summed E-state index contributed by atoms with van der Waals surface area (Å²) in [6.07, 6.45) is 6.15. The van der Waals surface area contributed by atoms with Gasteiger partial charge in [0.25, 0.3) is 0 Å². The molecule has 0 radical (unpaired) electrons. The van der Waals surface area contributed by atoms with Gasteiger partial charge in [0.1, 0.15) is 0 Å². The van der Waals surface area contributed by atoms with Crippen LogP contribution in [0.5, 0.6) is 0 Å². The zero-order valence-corrected chi connectivity index (χ0v) is 13.2. The maximum Gasteiger partial charge on any atom is 0.238 e. The molecule has 0 unspecified atom stereocenters. The first-order chi connectivity index (χ1) is 9.86. The molecule has 5 nitrogen and oxygen atoms in total. The predicted molar refractivity (Wildman–Crippen MR) is 82.6 cm³/mol. The van der Waals surface area contributed by atoms with Gasteiger partial charge in [0.2, 0.25) is 15.9 Å². The minimum Gasteiger partial charge on any atom is -0.325 e. The predicted octanol–water partition coefficient (Wildman–Crippen LogP) is 2.90. The number of amides is 1. The second-order valence-corrected chi connectivity index (χ2v) is 7.41. The van der Waals surface area contributed by atoms with Crippen LogP contribution in [0.4, 0.5) is 5.69 Å². The Morgan fingerprint density at radius 1 is 1.29 bits per heavy atom. The first kappa shape index (κ1) is 16.3. The number of sulfonamides is 1. The third-order valence-corrected chi connectivity index (χ3v) is 4.98. The maximum atomic E-state index is 12.0. The molecule has 1 aromatic rings. The quantitative estimate of drug-likeness (QED) is 0.889. The fourth-order valence-electron chi connectivity index (χ4n) is 2.63. The van der Waals surface area contributed by atoms with Gasteiger partial charge < -0.3 is 5.32 Å². The van der Waals surface area contributed by atoms with Gasteiger partial charge >= 0.3 is 0 Å². The standard InChI is InChI=1S/C14H19ClN2O3S/c15-12-7-6-11(21(16,19)20)9-13(12)17-14(18)8-10-4-2-1-3-5-10/h6-7,9-10H,1-5,8H2,(H,17,18)(H2,16,19,20). The molecule has 1 fully saturated rings. The highest BCUT2D eigenvalue weighted by Crippen LogP contribution is 2.28. The number of nitrogens with two attached hydrogens (primary N) is 1. The summed E-state index contributed by atoms with van der Waals surface area (Å²) in [5.74, 6) is 0.259. The van der Waals surface area contributed by atoms with Gasteiger partial charge in [0, 0.05) is 6.42 Å². The molecule has 0 saturated heterocycles. The number of carbonyl (C=O) groups is 1. The Balaban J connectivity index is 2.06. The van der Waals surface area contributed by atoms with Crippen molar-refractivity contribution in [2.24, 2.45) is 11.1 Å². The lowest BCUT2D eigenvalue weighted by atomic mass is 9.87. The van der Waals surface area contributed by atoms with Gasteiger partial charge in [-0.1, -0.05) is 30.9 Å². The van der Waals surface area contributed by atoms with E-state index in [2.05, 4.69) is 5.32 Å². The van der Waals surface area contributed by atoms with Crippen LogP contribution in [-0.4, -0.2) is 14.3 Å². The topological polar surface area (TPSA) is 89.3 Å². The molecule has 0 aromatic heterocycles. The van der Waals surface area contributed by atoms with Crippen LogP contribution in [0.25, 0.3) is 0 Å². The Morgan fingerprint density at radius 2 is 1.95 bits per heavy atom. The molecule has 3 N–H and O–H groups in total. The second-order valence-electron chi connectivity index (χ2n) is 5.44. The Hall–Kier alpha value is -1.11. The summed E-state index contributed by atoms with van der Waals surface area (Å²) in [7, 11) is -3.82. The van der Waals surface area contributed by atoms with Crippen LogP contribution < -0.4 is 10.5 Å². The van der Waals surface area contributed by atoms with E-state index in [-0.39, 0.29) is 16.5 Å². The van der Waals surface area contributed by atoms with Crippen LogP contribution in [0.3, 0.4) is 0 Å². The van der Waals surface area contributed by atoms with E-state index in [1.165, 1.54) is 37.5 Å². The Morgan fingerprint density at radius 3 is 2.57 bits per heavy atom. The van der Waals surface area contributed by atoms with Crippen molar-refractivity contribution in [3.8, 4) is 0 Å². The normalized spacial score (nSPS) is 16.7. The molecule has 7 heteroatoms. The highest BCUT2D eigenvalue weighted by atomic mass is 35.5. The van der Waals surface area contributed by atoms with Crippen molar-refractivity contribution in [3.63, 3.8) is 0 Å². The van der Waals surface area contributed by atoms with Gasteiger partial charge in [0.15, 0.2) is 0 Å². The Bertz CT molecular complexity index is 625. The third-order valence-electron chi connectivity index (χ3n) is 3.74. The van der Waals surface area contributed by atoms with Gasteiger partial charge in [-0.3, -0.25) is 4.79 Å². The minimum absolute atomic E-state index is 0.0696. The molecule has 0 bridgehead atoms. The average molecular weight is 331 g/mol. The van der Waals surface area contributed by atoms with Crippen LogP contribution in [0, 0.1) is 5.92 Å². The molecular weight excluding hydrogens is 312 g/mol. The maximum absolute atomic E-state index is 12.0. The third kappa shape index (κ3) is 4.69. The first-order valence-corrected chi connectivity index (χ1v) is 8.91. The minimum atomic E-state index is -3.82. The van der Waals surface area contributed by atoms with E-state index >= 15 is 0 Å². The molecular formula is C14H19ClN2O3S. The molecule has 0 heterocycles. The highest BCUT2D eigenvalue weighted by molar-refractivity contribution is 7.89. The summed E-state index contributed by atoms with van der Waals surface area (Å²) < 4.78 is 22.6. The van der Waals surface area contributed by atoms with Crippen LogP contribution in [-0.2, 0) is 14.8 Å². The van der Waals surface area contributed by atoms with Crippen LogP contribution in [0.15, 0.2) is 23.1 Å². The Labute approximate surface area is 129 Å². The van der Waals surface area contributed by atoms with Crippen LogP contribution in [0.2, 0.25) is 5.02 Å². The SMILES string of the molecule is NS(=O)(=O)c1ccc(Cl)c(NC(=O)CC2CCCCC2)c1. The number of halogens is 1. The van der Waals surface area contributed by atoms with Gasteiger partial charge in [-0.15, -0.1) is 0 Å². The molecule has 21 heavy (non-hydrogen) atoms. The lowest BCUT2D eigenvalue weighted by molar-refractivity contribution is -0.117. The Kier molecular flexibility index (Phi) is 5.24. The number of rotatable bonds is 4. The summed E-state index contributed by atoms with van der Waals surface area (Å²) in [5, 5.41) is 8.04. The van der Waals surface area contributed by atoms with E-state index in [1.54, 1.807) is 0 Å². The summed E-state index contributed by atoms with van der Waals surface area (Å²) in [6, 6.07) is 4.02. The summed E-state index contributed by atoms with van der Waals surface area (Å²) >= 11 is 5.98. The van der Waals surface area contributed by atoms with Crippen molar-refractivity contribution in [2.45, 2.75) is 43.4 Å². The molecule has 1 saturated carbocycles. The molecule has 1 aromatic carbocycles. The number of hydrogen-bond donors (Lipinski definition) is 2.